The predicted octanol–water partition coefficient (Wildman–Crippen LogP) is 1.20. The van der Waals surface area contributed by atoms with E-state index in [0.29, 0.717) is 29.8 Å². The van der Waals surface area contributed by atoms with Gasteiger partial charge in [-0.1, -0.05) is 17.8 Å². The van der Waals surface area contributed by atoms with Crippen molar-refractivity contribution in [1.82, 2.24) is 20.1 Å². The molecule has 2 aromatic heterocycles. The van der Waals surface area contributed by atoms with Crippen molar-refractivity contribution < 1.29 is 14.0 Å². The number of nitrogens with zero attached hydrogens (tertiary/aromatic N) is 3. The molecule has 0 aliphatic heterocycles. The zero-order valence-corrected chi connectivity index (χ0v) is 14.1. The molecule has 0 aliphatic rings. The fourth-order valence-electron chi connectivity index (χ4n) is 1.92. The second-order valence-electron chi connectivity index (χ2n) is 4.95. The second-order valence-corrected chi connectivity index (χ2v) is 6.25. The third kappa shape index (κ3) is 4.48. The van der Waals surface area contributed by atoms with Crippen molar-refractivity contribution >= 4 is 23.6 Å². The van der Waals surface area contributed by atoms with Crippen molar-refractivity contribution in [1.29, 1.82) is 0 Å². The largest absolute Gasteiger partial charge is 0.461 e. The monoisotopic (exact) mass is 349 g/mol. The second kappa shape index (κ2) is 8.34. The molecule has 9 heteroatoms. The molecule has 8 nitrogen and oxygen atoms in total. The summed E-state index contributed by atoms with van der Waals surface area (Å²) in [5.41, 5.74) is 5.24. The Morgan fingerprint density at radius 2 is 2.33 bits per heavy atom. The molecule has 0 bridgehead atoms. The third-order valence-corrected chi connectivity index (χ3v) is 4.19. The molecule has 0 saturated heterocycles. The van der Waals surface area contributed by atoms with Crippen LogP contribution in [0.5, 0.6) is 0 Å². The van der Waals surface area contributed by atoms with E-state index in [1.54, 1.807) is 29.7 Å². The van der Waals surface area contributed by atoms with Crippen molar-refractivity contribution in [3.05, 3.63) is 31.1 Å². The van der Waals surface area contributed by atoms with Crippen LogP contribution in [0.1, 0.15) is 13.3 Å². The number of nitrogens with two attached hydrogens (primary N) is 1. The number of thioether (sulfide) groups is 1. The first-order valence-corrected chi connectivity index (χ1v) is 8.21. The molecule has 0 aliphatic carbocycles. The highest BCUT2D eigenvalue weighted by molar-refractivity contribution is 8.00. The summed E-state index contributed by atoms with van der Waals surface area (Å²) in [4.78, 5) is 23.1. The Kier molecular flexibility index (Phi) is 6.19. The molecule has 1 atom stereocenters. The number of amides is 2. The van der Waals surface area contributed by atoms with Gasteiger partial charge < -0.3 is 15.5 Å². The molecule has 128 valence electrons. The van der Waals surface area contributed by atoms with Gasteiger partial charge in [0, 0.05) is 19.5 Å². The Labute approximate surface area is 143 Å². The Hall–Kier alpha value is -2.55. The van der Waals surface area contributed by atoms with Gasteiger partial charge in [0.25, 0.3) is 0 Å². The molecule has 0 radical (unpaired) electrons. The number of nitrogens with one attached hydrogen (secondary N) is 1. The molecule has 2 amide bonds. The summed E-state index contributed by atoms with van der Waals surface area (Å²) < 4.78 is 7.07. The van der Waals surface area contributed by atoms with Crippen LogP contribution in [-0.2, 0) is 16.1 Å². The highest BCUT2D eigenvalue weighted by atomic mass is 32.2. The number of carbonyl (C=O) groups is 2. The molecule has 0 spiro atoms. The van der Waals surface area contributed by atoms with Crippen LogP contribution in [0.15, 0.2) is 40.6 Å². The van der Waals surface area contributed by atoms with E-state index in [-0.39, 0.29) is 17.6 Å². The van der Waals surface area contributed by atoms with Crippen LogP contribution in [0.3, 0.4) is 0 Å². The van der Waals surface area contributed by atoms with Gasteiger partial charge in [-0.05, 0) is 19.1 Å². The van der Waals surface area contributed by atoms with E-state index in [9.17, 15) is 9.59 Å². The molecule has 2 heterocycles. The minimum Gasteiger partial charge on any atom is -0.461 e. The van der Waals surface area contributed by atoms with Crippen LogP contribution in [0.25, 0.3) is 11.6 Å². The summed E-state index contributed by atoms with van der Waals surface area (Å²) in [6.07, 6.45) is 3.27. The van der Waals surface area contributed by atoms with Crippen LogP contribution >= 0.6 is 11.8 Å². The maximum atomic E-state index is 12.0. The first kappa shape index (κ1) is 17.8. The van der Waals surface area contributed by atoms with Gasteiger partial charge in [-0.3, -0.25) is 14.2 Å². The van der Waals surface area contributed by atoms with E-state index in [0.717, 1.165) is 0 Å². The van der Waals surface area contributed by atoms with Crippen LogP contribution in [-0.4, -0.2) is 38.4 Å². The van der Waals surface area contributed by atoms with Gasteiger partial charge in [0.2, 0.25) is 11.8 Å². The maximum absolute atomic E-state index is 12.0. The van der Waals surface area contributed by atoms with E-state index < -0.39 is 5.91 Å². The van der Waals surface area contributed by atoms with E-state index in [4.69, 9.17) is 10.2 Å². The van der Waals surface area contributed by atoms with Crippen LogP contribution < -0.4 is 11.1 Å². The molecule has 0 aromatic carbocycles. The fraction of sp³-hybridized carbons (Fsp3) is 0.333. The van der Waals surface area contributed by atoms with Crippen molar-refractivity contribution in [3.8, 4) is 11.6 Å². The van der Waals surface area contributed by atoms with Gasteiger partial charge in [0.1, 0.15) is 0 Å². The summed E-state index contributed by atoms with van der Waals surface area (Å²) >= 11 is 1.25. The van der Waals surface area contributed by atoms with Crippen molar-refractivity contribution in [2.75, 3.05) is 6.54 Å². The maximum Gasteiger partial charge on any atom is 0.233 e. The predicted molar refractivity (Wildman–Crippen MR) is 90.1 cm³/mol. The number of hydrogen-bond acceptors (Lipinski definition) is 6. The zero-order chi connectivity index (χ0) is 17.5. The normalized spacial score (nSPS) is 11.9. The third-order valence-electron chi connectivity index (χ3n) is 3.11. The lowest BCUT2D eigenvalue weighted by atomic mass is 10.3. The van der Waals surface area contributed by atoms with E-state index in [1.807, 2.05) is 0 Å². The van der Waals surface area contributed by atoms with Crippen molar-refractivity contribution in [2.24, 2.45) is 5.73 Å². The first-order chi connectivity index (χ1) is 11.5. The van der Waals surface area contributed by atoms with Crippen molar-refractivity contribution in [2.45, 2.75) is 30.3 Å². The van der Waals surface area contributed by atoms with E-state index >= 15 is 0 Å². The molecule has 3 N–H and O–H groups in total. The van der Waals surface area contributed by atoms with Gasteiger partial charge in [0.05, 0.1) is 11.5 Å². The Bertz CT molecular complexity index is 711. The highest BCUT2D eigenvalue weighted by Gasteiger charge is 2.21. The van der Waals surface area contributed by atoms with Crippen LogP contribution in [0.2, 0.25) is 0 Å². The average molecular weight is 349 g/mol. The summed E-state index contributed by atoms with van der Waals surface area (Å²) in [6, 6.07) is 3.49. The summed E-state index contributed by atoms with van der Waals surface area (Å²) in [5, 5.41) is 11.1. The van der Waals surface area contributed by atoms with Gasteiger partial charge in [0.15, 0.2) is 16.7 Å². The number of carbonyl (C=O) groups excluding carboxylic acids is 2. The summed E-state index contributed by atoms with van der Waals surface area (Å²) in [6.45, 7) is 6.03. The molecular formula is C15H19N5O3S. The van der Waals surface area contributed by atoms with Crippen LogP contribution in [0.4, 0.5) is 0 Å². The van der Waals surface area contributed by atoms with Gasteiger partial charge in [-0.2, -0.15) is 0 Å². The molecule has 0 saturated carbocycles. The number of aromatic nitrogens is 3. The Morgan fingerprint density at radius 1 is 1.54 bits per heavy atom. The number of hydrogen-bond donors (Lipinski definition) is 2. The van der Waals surface area contributed by atoms with E-state index in [1.165, 1.54) is 18.0 Å². The van der Waals surface area contributed by atoms with Crippen LogP contribution in [0, 0.1) is 0 Å². The van der Waals surface area contributed by atoms with Gasteiger partial charge in [-0.15, -0.1) is 16.8 Å². The van der Waals surface area contributed by atoms with E-state index in [2.05, 4.69) is 22.1 Å². The lowest BCUT2D eigenvalue weighted by Gasteiger charge is -2.12. The Balaban J connectivity index is 2.20. The molecule has 24 heavy (non-hydrogen) atoms. The molecule has 2 rings (SSSR count). The summed E-state index contributed by atoms with van der Waals surface area (Å²) in [5.74, 6) is 0.454. The number of rotatable bonds is 9. The average Bonchev–Trinajstić information content (AvgIpc) is 3.19. The highest BCUT2D eigenvalue weighted by Crippen LogP contribution is 2.27. The quantitative estimate of drug-likeness (QED) is 0.519. The fourth-order valence-corrected chi connectivity index (χ4v) is 2.82. The number of primary amides is 1. The summed E-state index contributed by atoms with van der Waals surface area (Å²) in [7, 11) is 0. The molecule has 0 fully saturated rings. The lowest BCUT2D eigenvalue weighted by molar-refractivity contribution is -0.120. The number of furan rings is 1. The zero-order valence-electron chi connectivity index (χ0n) is 13.3. The molecule has 0 unspecified atom stereocenters. The lowest BCUT2D eigenvalue weighted by Crippen LogP contribution is -2.31. The first-order valence-electron chi connectivity index (χ1n) is 7.33. The van der Waals surface area contributed by atoms with Gasteiger partial charge in [-0.25, -0.2) is 0 Å². The topological polar surface area (TPSA) is 116 Å². The Morgan fingerprint density at radius 3 is 2.96 bits per heavy atom. The molecule has 2 aromatic rings. The minimum absolute atomic E-state index is 0.135. The van der Waals surface area contributed by atoms with Crippen molar-refractivity contribution in [3.63, 3.8) is 0 Å². The smallest absolute Gasteiger partial charge is 0.233 e. The SMILES string of the molecule is C=CCNC(=O)[C@@H](C)Sc1nnc(-c2ccco2)n1CCC(N)=O. The standard InChI is InChI=1S/C15H19N5O3S/c1-3-7-17-14(22)10(2)24-15-19-18-13(11-5-4-9-23-11)20(15)8-6-12(16)21/h3-5,9-10H,1,6-8H2,2H3,(H2,16,21)(H,17,22)/t10-/m1/s1. The molecular weight excluding hydrogens is 330 g/mol. The van der Waals surface area contributed by atoms with Gasteiger partial charge >= 0.3 is 0 Å². The minimum atomic E-state index is -0.429.